The Bertz CT molecular complexity index is 647. The molecule has 0 spiro atoms. The standard InChI is InChI=1S/C16H21N5O/c1-3-14-20-15(22-21-14)13-6-4-12(5-7-13)8-9-17-16-18-10-11(2)19-16/h4-7,11H,3,8-10H2,1-2H3,(H2,17,18,19). The van der Waals surface area contributed by atoms with Crippen LogP contribution >= 0.6 is 0 Å². The van der Waals surface area contributed by atoms with Crippen LogP contribution in [0.2, 0.25) is 0 Å². The van der Waals surface area contributed by atoms with Gasteiger partial charge in [-0.25, -0.2) is 0 Å². The van der Waals surface area contributed by atoms with E-state index in [1.54, 1.807) is 0 Å². The average Bonchev–Trinajstić information content (AvgIpc) is 3.17. The largest absolute Gasteiger partial charge is 0.356 e. The number of benzene rings is 1. The number of hydrogen-bond donors (Lipinski definition) is 2. The Hall–Kier alpha value is -2.37. The van der Waals surface area contributed by atoms with E-state index in [1.165, 1.54) is 5.56 Å². The summed E-state index contributed by atoms with van der Waals surface area (Å²) in [5, 5.41) is 10.5. The van der Waals surface area contributed by atoms with Crippen LogP contribution in [0.25, 0.3) is 11.5 Å². The molecule has 3 rings (SSSR count). The van der Waals surface area contributed by atoms with Crippen LogP contribution in [-0.2, 0) is 12.8 Å². The lowest BCUT2D eigenvalue weighted by atomic mass is 10.1. The van der Waals surface area contributed by atoms with E-state index < -0.39 is 0 Å². The van der Waals surface area contributed by atoms with Gasteiger partial charge in [-0.1, -0.05) is 24.2 Å². The third kappa shape index (κ3) is 3.44. The second kappa shape index (κ2) is 6.60. The van der Waals surface area contributed by atoms with Crippen LogP contribution in [0, 0.1) is 0 Å². The third-order valence-electron chi connectivity index (χ3n) is 3.60. The molecule has 2 heterocycles. The summed E-state index contributed by atoms with van der Waals surface area (Å²) in [7, 11) is 0. The molecule has 6 heteroatoms. The first-order valence-electron chi connectivity index (χ1n) is 7.71. The first-order valence-corrected chi connectivity index (χ1v) is 7.71. The van der Waals surface area contributed by atoms with Crippen molar-refractivity contribution in [2.45, 2.75) is 32.7 Å². The predicted molar refractivity (Wildman–Crippen MR) is 85.7 cm³/mol. The Morgan fingerprint density at radius 1 is 1.32 bits per heavy atom. The summed E-state index contributed by atoms with van der Waals surface area (Å²) in [4.78, 5) is 8.71. The molecular formula is C16H21N5O. The summed E-state index contributed by atoms with van der Waals surface area (Å²) in [6.45, 7) is 5.84. The number of rotatable bonds is 5. The molecule has 2 N–H and O–H groups in total. The van der Waals surface area contributed by atoms with E-state index in [0.717, 1.165) is 43.3 Å². The number of guanidine groups is 1. The van der Waals surface area contributed by atoms with Crippen molar-refractivity contribution in [3.8, 4) is 11.5 Å². The minimum atomic E-state index is 0.434. The van der Waals surface area contributed by atoms with Crippen molar-refractivity contribution in [3.63, 3.8) is 0 Å². The SMILES string of the molecule is CCc1noc(-c2ccc(CCNC3=NCC(C)N3)cc2)n1. The molecule has 0 fully saturated rings. The maximum Gasteiger partial charge on any atom is 0.257 e. The second-order valence-electron chi connectivity index (χ2n) is 5.48. The van der Waals surface area contributed by atoms with E-state index in [2.05, 4.69) is 44.8 Å². The highest BCUT2D eigenvalue weighted by atomic mass is 16.5. The number of hydrogen-bond acceptors (Lipinski definition) is 6. The number of nitrogens with zero attached hydrogens (tertiary/aromatic N) is 3. The number of aryl methyl sites for hydroxylation is 1. The zero-order valence-electron chi connectivity index (χ0n) is 13.0. The van der Waals surface area contributed by atoms with Crippen molar-refractivity contribution < 1.29 is 4.52 Å². The molecule has 1 unspecified atom stereocenters. The fraction of sp³-hybridized carbons (Fsp3) is 0.438. The van der Waals surface area contributed by atoms with Gasteiger partial charge < -0.3 is 15.2 Å². The van der Waals surface area contributed by atoms with Gasteiger partial charge in [-0.05, 0) is 31.0 Å². The van der Waals surface area contributed by atoms with Crippen LogP contribution in [0.5, 0.6) is 0 Å². The Kier molecular flexibility index (Phi) is 4.37. The van der Waals surface area contributed by atoms with Gasteiger partial charge in [0.25, 0.3) is 5.89 Å². The molecule has 1 aromatic carbocycles. The number of aromatic nitrogens is 2. The normalized spacial score (nSPS) is 17.2. The van der Waals surface area contributed by atoms with Gasteiger partial charge in [-0.2, -0.15) is 4.98 Å². The summed E-state index contributed by atoms with van der Waals surface area (Å²) in [5.74, 6) is 2.23. The van der Waals surface area contributed by atoms with Crippen LogP contribution in [0.4, 0.5) is 0 Å². The molecule has 1 aromatic heterocycles. The minimum Gasteiger partial charge on any atom is -0.356 e. The minimum absolute atomic E-state index is 0.434. The van der Waals surface area contributed by atoms with Crippen LogP contribution in [-0.4, -0.2) is 35.2 Å². The Balaban J connectivity index is 1.53. The first-order chi connectivity index (χ1) is 10.7. The highest BCUT2D eigenvalue weighted by molar-refractivity contribution is 5.81. The Labute approximate surface area is 130 Å². The molecule has 0 saturated carbocycles. The van der Waals surface area contributed by atoms with Gasteiger partial charge in [0.1, 0.15) is 0 Å². The summed E-state index contributed by atoms with van der Waals surface area (Å²) in [5.41, 5.74) is 2.22. The van der Waals surface area contributed by atoms with E-state index >= 15 is 0 Å². The zero-order valence-corrected chi connectivity index (χ0v) is 13.0. The van der Waals surface area contributed by atoms with E-state index in [4.69, 9.17) is 4.52 Å². The van der Waals surface area contributed by atoms with Crippen LogP contribution in [0.1, 0.15) is 25.2 Å². The van der Waals surface area contributed by atoms with Gasteiger partial charge in [0.2, 0.25) is 0 Å². The summed E-state index contributed by atoms with van der Waals surface area (Å²) >= 11 is 0. The highest BCUT2D eigenvalue weighted by Gasteiger charge is 2.11. The molecule has 1 aliphatic heterocycles. The second-order valence-corrected chi connectivity index (χ2v) is 5.48. The lowest BCUT2D eigenvalue weighted by molar-refractivity contribution is 0.423. The smallest absolute Gasteiger partial charge is 0.257 e. The predicted octanol–water partition coefficient (Wildman–Crippen LogP) is 1.78. The molecule has 1 atom stereocenters. The van der Waals surface area contributed by atoms with Gasteiger partial charge in [0.15, 0.2) is 11.8 Å². The van der Waals surface area contributed by atoms with Crippen LogP contribution in [0.15, 0.2) is 33.8 Å². The fourth-order valence-corrected chi connectivity index (χ4v) is 2.31. The molecule has 0 amide bonds. The lowest BCUT2D eigenvalue weighted by Gasteiger charge is -2.08. The fourth-order valence-electron chi connectivity index (χ4n) is 2.31. The Morgan fingerprint density at radius 3 is 2.77 bits per heavy atom. The van der Waals surface area contributed by atoms with Crippen molar-refractivity contribution in [1.29, 1.82) is 0 Å². The van der Waals surface area contributed by atoms with Gasteiger partial charge in [0, 0.05) is 24.6 Å². The number of aliphatic imine (C=N–C) groups is 1. The molecule has 6 nitrogen and oxygen atoms in total. The maximum absolute atomic E-state index is 5.24. The summed E-state index contributed by atoms with van der Waals surface area (Å²) in [6.07, 6.45) is 1.73. The summed E-state index contributed by atoms with van der Waals surface area (Å²) in [6, 6.07) is 8.67. The maximum atomic E-state index is 5.24. The van der Waals surface area contributed by atoms with Gasteiger partial charge in [-0.3, -0.25) is 4.99 Å². The lowest BCUT2D eigenvalue weighted by Crippen LogP contribution is -2.38. The van der Waals surface area contributed by atoms with Gasteiger partial charge in [-0.15, -0.1) is 0 Å². The first kappa shape index (κ1) is 14.6. The highest BCUT2D eigenvalue weighted by Crippen LogP contribution is 2.18. The monoisotopic (exact) mass is 299 g/mol. The van der Waals surface area contributed by atoms with Crippen molar-refractivity contribution in [1.82, 2.24) is 20.8 Å². The topological polar surface area (TPSA) is 75.3 Å². The molecule has 22 heavy (non-hydrogen) atoms. The number of nitrogens with one attached hydrogen (secondary N) is 2. The molecule has 116 valence electrons. The van der Waals surface area contributed by atoms with Crippen LogP contribution < -0.4 is 10.6 Å². The van der Waals surface area contributed by atoms with Gasteiger partial charge >= 0.3 is 0 Å². The molecule has 2 aromatic rings. The van der Waals surface area contributed by atoms with Crippen molar-refractivity contribution >= 4 is 5.96 Å². The van der Waals surface area contributed by atoms with Crippen LogP contribution in [0.3, 0.4) is 0 Å². The molecule has 1 aliphatic rings. The average molecular weight is 299 g/mol. The van der Waals surface area contributed by atoms with Gasteiger partial charge in [0.05, 0.1) is 6.54 Å². The van der Waals surface area contributed by atoms with Crippen molar-refractivity contribution in [2.24, 2.45) is 4.99 Å². The Morgan fingerprint density at radius 2 is 2.14 bits per heavy atom. The van der Waals surface area contributed by atoms with Crippen molar-refractivity contribution in [3.05, 3.63) is 35.7 Å². The van der Waals surface area contributed by atoms with E-state index in [-0.39, 0.29) is 0 Å². The van der Waals surface area contributed by atoms with E-state index in [9.17, 15) is 0 Å². The molecule has 0 radical (unpaired) electrons. The molecule has 0 saturated heterocycles. The molecule has 0 bridgehead atoms. The zero-order chi connectivity index (χ0) is 15.4. The van der Waals surface area contributed by atoms with Crippen molar-refractivity contribution in [2.75, 3.05) is 13.1 Å². The van der Waals surface area contributed by atoms with E-state index in [1.807, 2.05) is 19.1 Å². The molecule has 0 aliphatic carbocycles. The molecular weight excluding hydrogens is 278 g/mol. The van der Waals surface area contributed by atoms with E-state index in [0.29, 0.717) is 11.9 Å². The third-order valence-corrected chi connectivity index (χ3v) is 3.60. The summed E-state index contributed by atoms with van der Waals surface area (Å²) < 4.78 is 5.24. The quantitative estimate of drug-likeness (QED) is 0.880.